The van der Waals surface area contributed by atoms with E-state index in [-0.39, 0.29) is 0 Å². The smallest absolute Gasteiger partial charge is 0.196 e. The van der Waals surface area contributed by atoms with Gasteiger partial charge in [-0.25, -0.2) is 0 Å². The summed E-state index contributed by atoms with van der Waals surface area (Å²) in [6.07, 6.45) is 2.49. The van der Waals surface area contributed by atoms with Gasteiger partial charge in [-0.3, -0.25) is 4.57 Å². The number of thioether (sulfide) groups is 1. The van der Waals surface area contributed by atoms with E-state index in [9.17, 15) is 0 Å². The van der Waals surface area contributed by atoms with Crippen LogP contribution in [0.4, 0.5) is 0 Å². The van der Waals surface area contributed by atoms with Gasteiger partial charge >= 0.3 is 0 Å². The molecule has 1 aromatic heterocycles. The van der Waals surface area contributed by atoms with Gasteiger partial charge in [-0.1, -0.05) is 35.5 Å². The van der Waals surface area contributed by atoms with Gasteiger partial charge in [0.05, 0.1) is 6.07 Å². The maximum Gasteiger partial charge on any atom is 0.196 e. The Labute approximate surface area is 162 Å². The van der Waals surface area contributed by atoms with Crippen molar-refractivity contribution in [3.8, 4) is 23.1 Å². The minimum atomic E-state index is 0.598. The van der Waals surface area contributed by atoms with E-state index in [1.165, 1.54) is 5.56 Å². The fraction of sp³-hybridized carbons (Fsp3) is 0.250. The first kappa shape index (κ1) is 18.5. The molecule has 3 rings (SSSR count). The molecule has 132 valence electrons. The van der Waals surface area contributed by atoms with Crippen molar-refractivity contribution in [3.05, 3.63) is 59.1 Å². The van der Waals surface area contributed by atoms with Crippen molar-refractivity contribution < 1.29 is 0 Å². The zero-order valence-electron chi connectivity index (χ0n) is 14.5. The minimum Gasteiger partial charge on any atom is -0.270 e. The largest absolute Gasteiger partial charge is 0.270 e. The molecule has 0 bridgehead atoms. The highest BCUT2D eigenvalue weighted by Gasteiger charge is 2.16. The second kappa shape index (κ2) is 8.88. The van der Waals surface area contributed by atoms with Crippen molar-refractivity contribution in [2.45, 2.75) is 31.3 Å². The van der Waals surface area contributed by atoms with Crippen LogP contribution in [0.25, 0.3) is 17.1 Å². The predicted molar refractivity (Wildman–Crippen MR) is 107 cm³/mol. The molecule has 0 saturated heterocycles. The minimum absolute atomic E-state index is 0.598. The van der Waals surface area contributed by atoms with Gasteiger partial charge in [0, 0.05) is 28.4 Å². The molecule has 0 aliphatic rings. The quantitative estimate of drug-likeness (QED) is 0.389. The van der Waals surface area contributed by atoms with E-state index in [4.69, 9.17) is 16.9 Å². The van der Waals surface area contributed by atoms with Crippen LogP contribution in [-0.2, 0) is 0 Å². The Balaban J connectivity index is 1.94. The lowest BCUT2D eigenvalue weighted by molar-refractivity contribution is 0.822. The first-order chi connectivity index (χ1) is 12.7. The molecular formula is C20H19ClN4S. The molecule has 0 spiro atoms. The summed E-state index contributed by atoms with van der Waals surface area (Å²) < 4.78 is 2.09. The third-order valence-corrected chi connectivity index (χ3v) is 5.18. The molecule has 0 radical (unpaired) electrons. The lowest BCUT2D eigenvalue weighted by Crippen LogP contribution is -2.00. The maximum absolute atomic E-state index is 8.66. The third-order valence-electron chi connectivity index (χ3n) is 3.91. The highest BCUT2D eigenvalue weighted by Crippen LogP contribution is 2.29. The van der Waals surface area contributed by atoms with Crippen molar-refractivity contribution in [2.75, 3.05) is 5.75 Å². The van der Waals surface area contributed by atoms with Crippen LogP contribution in [0.1, 0.15) is 24.8 Å². The number of hydrogen-bond acceptors (Lipinski definition) is 4. The van der Waals surface area contributed by atoms with E-state index in [2.05, 4.69) is 46.0 Å². The number of nitriles is 1. The molecule has 0 N–H and O–H groups in total. The lowest BCUT2D eigenvalue weighted by Gasteiger charge is -2.11. The van der Waals surface area contributed by atoms with Gasteiger partial charge in [-0.15, -0.1) is 10.2 Å². The second-order valence-corrected chi connectivity index (χ2v) is 7.45. The van der Waals surface area contributed by atoms with E-state index in [1.807, 2.05) is 30.3 Å². The van der Waals surface area contributed by atoms with Crippen LogP contribution in [0, 0.1) is 18.3 Å². The van der Waals surface area contributed by atoms with Gasteiger partial charge < -0.3 is 0 Å². The van der Waals surface area contributed by atoms with Crippen molar-refractivity contribution >= 4 is 23.4 Å². The topological polar surface area (TPSA) is 54.5 Å². The number of aromatic nitrogens is 3. The summed E-state index contributed by atoms with van der Waals surface area (Å²) in [5, 5.41) is 19.1. The van der Waals surface area contributed by atoms with E-state index in [0.717, 1.165) is 40.8 Å². The summed E-state index contributed by atoms with van der Waals surface area (Å²) in [6, 6.07) is 18.1. The van der Waals surface area contributed by atoms with Crippen LogP contribution in [-0.4, -0.2) is 20.5 Å². The molecule has 4 nitrogen and oxygen atoms in total. The van der Waals surface area contributed by atoms with Gasteiger partial charge in [0.15, 0.2) is 11.0 Å². The average molecular weight is 383 g/mol. The summed E-state index contributed by atoms with van der Waals surface area (Å²) in [6.45, 7) is 2.07. The zero-order chi connectivity index (χ0) is 18.4. The number of halogens is 1. The molecule has 6 heteroatoms. The fourth-order valence-electron chi connectivity index (χ4n) is 2.62. The molecule has 1 heterocycles. The van der Waals surface area contributed by atoms with E-state index >= 15 is 0 Å². The van der Waals surface area contributed by atoms with Crippen LogP contribution in [0.2, 0.25) is 5.02 Å². The van der Waals surface area contributed by atoms with Gasteiger partial charge in [-0.2, -0.15) is 5.26 Å². The van der Waals surface area contributed by atoms with E-state index < -0.39 is 0 Å². The molecule has 0 atom stereocenters. The number of benzene rings is 2. The molecular weight excluding hydrogens is 364 g/mol. The summed E-state index contributed by atoms with van der Waals surface area (Å²) in [5.41, 5.74) is 3.20. The Morgan fingerprint density at radius 3 is 2.65 bits per heavy atom. The number of hydrogen-bond donors (Lipinski definition) is 0. The Hall–Kier alpha value is -2.29. The van der Waals surface area contributed by atoms with Gasteiger partial charge in [0.2, 0.25) is 0 Å². The van der Waals surface area contributed by atoms with Crippen molar-refractivity contribution in [3.63, 3.8) is 0 Å². The molecule has 0 fully saturated rings. The monoisotopic (exact) mass is 382 g/mol. The maximum atomic E-state index is 8.66. The number of nitrogens with zero attached hydrogens (tertiary/aromatic N) is 4. The third kappa shape index (κ3) is 4.46. The second-order valence-electron chi connectivity index (χ2n) is 5.95. The Bertz CT molecular complexity index is 912. The Morgan fingerprint density at radius 2 is 1.92 bits per heavy atom. The van der Waals surface area contributed by atoms with E-state index in [0.29, 0.717) is 11.4 Å². The summed E-state index contributed by atoms with van der Waals surface area (Å²) in [5.74, 6) is 1.71. The molecule has 26 heavy (non-hydrogen) atoms. The summed E-state index contributed by atoms with van der Waals surface area (Å²) >= 11 is 7.69. The number of unbranched alkanes of at least 4 members (excludes halogenated alkanes) is 2. The van der Waals surface area contributed by atoms with Crippen molar-refractivity contribution in [1.82, 2.24) is 14.8 Å². The molecule has 0 aliphatic carbocycles. The van der Waals surface area contributed by atoms with Crippen molar-refractivity contribution in [1.29, 1.82) is 5.26 Å². The first-order valence-electron chi connectivity index (χ1n) is 8.47. The van der Waals surface area contributed by atoms with E-state index in [1.54, 1.807) is 11.8 Å². The van der Waals surface area contributed by atoms with Gasteiger partial charge in [0.1, 0.15) is 0 Å². The normalized spacial score (nSPS) is 10.7. The fourth-order valence-corrected chi connectivity index (χ4v) is 3.70. The lowest BCUT2D eigenvalue weighted by atomic mass is 10.2. The van der Waals surface area contributed by atoms with Crippen LogP contribution >= 0.6 is 23.4 Å². The highest BCUT2D eigenvalue weighted by atomic mass is 35.5. The average Bonchev–Trinajstić information content (AvgIpc) is 3.06. The number of rotatable bonds is 7. The standard InChI is InChI=1S/C20H19ClN4S/c1-15-6-5-7-18(14-15)25-19(16-8-10-17(21)11-9-16)23-24-20(25)26-13-4-2-3-12-22/h5-11,14H,2-4,13H2,1H3. The van der Waals surface area contributed by atoms with Crippen LogP contribution in [0.15, 0.2) is 53.7 Å². The van der Waals surface area contributed by atoms with Gasteiger partial charge in [-0.05, 0) is 61.7 Å². The molecule has 0 aliphatic heterocycles. The molecule has 3 aromatic rings. The highest BCUT2D eigenvalue weighted by molar-refractivity contribution is 7.99. The first-order valence-corrected chi connectivity index (χ1v) is 9.83. The predicted octanol–water partition coefficient (Wildman–Crippen LogP) is 5.68. The summed E-state index contributed by atoms with van der Waals surface area (Å²) in [7, 11) is 0. The molecule has 0 saturated carbocycles. The van der Waals surface area contributed by atoms with Crippen molar-refractivity contribution in [2.24, 2.45) is 0 Å². The van der Waals surface area contributed by atoms with Crippen LogP contribution < -0.4 is 0 Å². The molecule has 2 aromatic carbocycles. The Morgan fingerprint density at radius 1 is 1.12 bits per heavy atom. The summed E-state index contributed by atoms with van der Waals surface area (Å²) in [4.78, 5) is 0. The van der Waals surface area contributed by atoms with Gasteiger partial charge in [0.25, 0.3) is 0 Å². The Kier molecular flexibility index (Phi) is 6.32. The number of aryl methyl sites for hydroxylation is 1. The van der Waals surface area contributed by atoms with Crippen LogP contribution in [0.3, 0.4) is 0 Å². The molecule has 0 unspecified atom stereocenters. The molecule has 0 amide bonds. The van der Waals surface area contributed by atoms with Crippen LogP contribution in [0.5, 0.6) is 0 Å². The SMILES string of the molecule is Cc1cccc(-n2c(SCCCCC#N)nnc2-c2ccc(Cl)cc2)c1. The zero-order valence-corrected chi connectivity index (χ0v) is 16.1.